The van der Waals surface area contributed by atoms with Crippen LogP contribution in [0, 0.1) is 18.6 Å². The van der Waals surface area contributed by atoms with E-state index < -0.39 is 11.6 Å². The molecule has 3 N–H and O–H groups in total. The summed E-state index contributed by atoms with van der Waals surface area (Å²) in [5, 5.41) is 3.40. The first-order valence-electron chi connectivity index (χ1n) is 8.65. The summed E-state index contributed by atoms with van der Waals surface area (Å²) in [6.07, 6.45) is 1.04. The van der Waals surface area contributed by atoms with Crippen LogP contribution in [0.1, 0.15) is 43.9 Å². The quantitative estimate of drug-likeness (QED) is 0.769. The first-order chi connectivity index (χ1) is 11.7. The van der Waals surface area contributed by atoms with Gasteiger partial charge < -0.3 is 11.1 Å². The second-order valence-electron chi connectivity index (χ2n) is 7.22. The molecule has 0 amide bonds. The highest BCUT2D eigenvalue weighted by Gasteiger charge is 2.13. The Bertz CT molecular complexity index is 598. The molecule has 2 aromatic rings. The standard InChI is InChI=1S/C14H24N2.C7H6F2/c1-14(2,3)13-7-4-6-12(10-13)11-16-9-5-8-15;1-5-2-6(8)4-7(9)3-5/h4,6-7,10,16H,5,8-9,11,15H2,1-3H3;2-4H,1H3. The molecule has 0 atom stereocenters. The lowest BCUT2D eigenvalue weighted by Crippen LogP contribution is -2.18. The molecule has 0 saturated carbocycles. The number of halogens is 2. The highest BCUT2D eigenvalue weighted by atomic mass is 19.1. The van der Waals surface area contributed by atoms with E-state index in [4.69, 9.17) is 5.73 Å². The van der Waals surface area contributed by atoms with Gasteiger partial charge in [-0.05, 0) is 60.7 Å². The lowest BCUT2D eigenvalue weighted by atomic mass is 9.86. The average Bonchev–Trinajstić information content (AvgIpc) is 2.50. The van der Waals surface area contributed by atoms with Crippen molar-refractivity contribution in [3.05, 3.63) is 70.8 Å². The van der Waals surface area contributed by atoms with Gasteiger partial charge in [-0.3, -0.25) is 0 Å². The smallest absolute Gasteiger partial charge is 0.126 e. The highest BCUT2D eigenvalue weighted by molar-refractivity contribution is 5.28. The molecule has 0 spiro atoms. The topological polar surface area (TPSA) is 38.0 Å². The Labute approximate surface area is 150 Å². The van der Waals surface area contributed by atoms with Gasteiger partial charge >= 0.3 is 0 Å². The molecule has 138 valence electrons. The van der Waals surface area contributed by atoms with Crippen LogP contribution in [0.2, 0.25) is 0 Å². The summed E-state index contributed by atoms with van der Waals surface area (Å²) in [7, 11) is 0. The van der Waals surface area contributed by atoms with E-state index in [2.05, 4.69) is 50.4 Å². The van der Waals surface area contributed by atoms with Crippen molar-refractivity contribution in [2.75, 3.05) is 13.1 Å². The van der Waals surface area contributed by atoms with Crippen molar-refractivity contribution >= 4 is 0 Å². The van der Waals surface area contributed by atoms with Crippen LogP contribution in [-0.4, -0.2) is 13.1 Å². The van der Waals surface area contributed by atoms with Gasteiger partial charge in [-0.15, -0.1) is 0 Å². The van der Waals surface area contributed by atoms with Crippen LogP contribution < -0.4 is 11.1 Å². The second kappa shape index (κ2) is 10.3. The number of hydrogen-bond acceptors (Lipinski definition) is 2. The highest BCUT2D eigenvalue weighted by Crippen LogP contribution is 2.22. The predicted molar refractivity (Wildman–Crippen MR) is 102 cm³/mol. The Balaban J connectivity index is 0.000000293. The number of nitrogens with one attached hydrogen (secondary N) is 1. The minimum atomic E-state index is -0.521. The van der Waals surface area contributed by atoms with Crippen LogP contribution in [0.5, 0.6) is 0 Å². The van der Waals surface area contributed by atoms with E-state index in [1.807, 2.05) is 0 Å². The SMILES string of the molecule is CC(C)(C)c1cccc(CNCCCN)c1.Cc1cc(F)cc(F)c1. The minimum Gasteiger partial charge on any atom is -0.330 e. The summed E-state index contributed by atoms with van der Waals surface area (Å²) in [5.74, 6) is -1.04. The zero-order valence-corrected chi connectivity index (χ0v) is 15.7. The molecule has 0 radical (unpaired) electrons. The van der Waals surface area contributed by atoms with Crippen molar-refractivity contribution in [3.8, 4) is 0 Å². The molecular formula is C21H30F2N2. The Morgan fingerprint density at radius 3 is 2.16 bits per heavy atom. The van der Waals surface area contributed by atoms with Crippen LogP contribution >= 0.6 is 0 Å². The Kier molecular flexibility index (Phi) is 8.73. The number of aryl methyl sites for hydroxylation is 1. The van der Waals surface area contributed by atoms with Gasteiger partial charge in [-0.1, -0.05) is 45.0 Å². The van der Waals surface area contributed by atoms with E-state index in [0.717, 1.165) is 32.1 Å². The molecule has 0 fully saturated rings. The molecule has 25 heavy (non-hydrogen) atoms. The van der Waals surface area contributed by atoms with E-state index in [1.165, 1.54) is 23.3 Å². The Morgan fingerprint density at radius 2 is 1.64 bits per heavy atom. The maximum Gasteiger partial charge on any atom is 0.126 e. The Morgan fingerprint density at radius 1 is 1.00 bits per heavy atom. The summed E-state index contributed by atoms with van der Waals surface area (Å²) in [6.45, 7) is 11.1. The van der Waals surface area contributed by atoms with E-state index in [1.54, 1.807) is 6.92 Å². The maximum absolute atomic E-state index is 12.2. The number of nitrogens with two attached hydrogens (primary N) is 1. The largest absolute Gasteiger partial charge is 0.330 e. The van der Waals surface area contributed by atoms with Gasteiger partial charge in [0.1, 0.15) is 11.6 Å². The van der Waals surface area contributed by atoms with E-state index in [-0.39, 0.29) is 5.41 Å². The van der Waals surface area contributed by atoms with Gasteiger partial charge in [0.25, 0.3) is 0 Å². The third kappa shape index (κ3) is 8.75. The summed E-state index contributed by atoms with van der Waals surface area (Å²) >= 11 is 0. The van der Waals surface area contributed by atoms with Gasteiger partial charge in [0, 0.05) is 12.6 Å². The molecule has 0 heterocycles. The third-order valence-corrected chi connectivity index (χ3v) is 3.69. The van der Waals surface area contributed by atoms with Gasteiger partial charge in [-0.25, -0.2) is 8.78 Å². The van der Waals surface area contributed by atoms with Gasteiger partial charge in [0.15, 0.2) is 0 Å². The van der Waals surface area contributed by atoms with Crippen molar-refractivity contribution in [2.24, 2.45) is 5.73 Å². The molecule has 2 rings (SSSR count). The molecule has 0 aliphatic rings. The molecule has 0 unspecified atom stereocenters. The molecule has 0 aromatic heterocycles. The fourth-order valence-corrected chi connectivity index (χ4v) is 2.30. The lowest BCUT2D eigenvalue weighted by Gasteiger charge is -2.19. The van der Waals surface area contributed by atoms with Crippen molar-refractivity contribution < 1.29 is 8.78 Å². The zero-order valence-electron chi connectivity index (χ0n) is 15.7. The number of rotatable bonds is 5. The van der Waals surface area contributed by atoms with E-state index >= 15 is 0 Å². The first-order valence-corrected chi connectivity index (χ1v) is 8.65. The van der Waals surface area contributed by atoms with Crippen molar-refractivity contribution in [3.63, 3.8) is 0 Å². The molecule has 4 heteroatoms. The fourth-order valence-electron chi connectivity index (χ4n) is 2.30. The van der Waals surface area contributed by atoms with Crippen LogP contribution in [0.4, 0.5) is 8.78 Å². The minimum absolute atomic E-state index is 0.229. The summed E-state index contributed by atoms with van der Waals surface area (Å²) in [4.78, 5) is 0. The molecule has 0 aliphatic heterocycles. The molecule has 2 nitrogen and oxygen atoms in total. The molecular weight excluding hydrogens is 318 g/mol. The number of hydrogen-bond donors (Lipinski definition) is 2. The van der Waals surface area contributed by atoms with Gasteiger partial charge in [0.2, 0.25) is 0 Å². The van der Waals surface area contributed by atoms with E-state index in [0.29, 0.717) is 5.56 Å². The van der Waals surface area contributed by atoms with Crippen LogP contribution in [0.3, 0.4) is 0 Å². The second-order valence-corrected chi connectivity index (χ2v) is 7.22. The Hall–Kier alpha value is -1.78. The summed E-state index contributed by atoms with van der Waals surface area (Å²) < 4.78 is 24.4. The number of benzene rings is 2. The maximum atomic E-state index is 12.2. The third-order valence-electron chi connectivity index (χ3n) is 3.69. The monoisotopic (exact) mass is 348 g/mol. The van der Waals surface area contributed by atoms with Gasteiger partial charge in [0.05, 0.1) is 0 Å². The fraction of sp³-hybridized carbons (Fsp3) is 0.429. The summed E-state index contributed by atoms with van der Waals surface area (Å²) in [6, 6.07) is 12.2. The molecule has 0 saturated heterocycles. The van der Waals surface area contributed by atoms with E-state index in [9.17, 15) is 8.78 Å². The molecule has 2 aromatic carbocycles. The first kappa shape index (κ1) is 21.3. The van der Waals surface area contributed by atoms with Crippen molar-refractivity contribution in [1.82, 2.24) is 5.32 Å². The van der Waals surface area contributed by atoms with Gasteiger partial charge in [-0.2, -0.15) is 0 Å². The molecule has 0 aliphatic carbocycles. The molecule has 0 bridgehead atoms. The zero-order chi connectivity index (χ0) is 18.9. The lowest BCUT2D eigenvalue weighted by molar-refractivity contribution is 0.581. The summed E-state index contributed by atoms with van der Waals surface area (Å²) in [5.41, 5.74) is 9.03. The van der Waals surface area contributed by atoms with Crippen LogP contribution in [0.15, 0.2) is 42.5 Å². The van der Waals surface area contributed by atoms with Crippen LogP contribution in [0.25, 0.3) is 0 Å². The predicted octanol–water partition coefficient (Wildman–Crippen LogP) is 4.70. The van der Waals surface area contributed by atoms with Crippen LogP contribution in [-0.2, 0) is 12.0 Å². The van der Waals surface area contributed by atoms with Crippen molar-refractivity contribution in [1.29, 1.82) is 0 Å². The van der Waals surface area contributed by atoms with Crippen molar-refractivity contribution in [2.45, 2.75) is 46.1 Å². The average molecular weight is 348 g/mol. The normalized spacial score (nSPS) is 11.0.